The molecule has 1 aliphatic heterocycles. The highest BCUT2D eigenvalue weighted by Gasteiger charge is 2.40. The van der Waals surface area contributed by atoms with E-state index >= 15 is 0 Å². The molecule has 1 aromatic heterocycles. The fourth-order valence-electron chi connectivity index (χ4n) is 4.01. The number of carbonyl (C=O) groups is 1. The van der Waals surface area contributed by atoms with Crippen molar-refractivity contribution in [3.63, 3.8) is 0 Å². The second-order valence-corrected chi connectivity index (χ2v) is 9.49. The number of primary amides is 1. The third-order valence-electron chi connectivity index (χ3n) is 5.57. The van der Waals surface area contributed by atoms with Crippen molar-refractivity contribution in [2.75, 3.05) is 11.4 Å². The fraction of sp³-hybridized carbons (Fsp3) is 0.227. The maximum atomic E-state index is 13.8. The highest BCUT2D eigenvalue weighted by Crippen LogP contribution is 2.42. The van der Waals surface area contributed by atoms with E-state index in [2.05, 4.69) is 9.97 Å². The summed E-state index contributed by atoms with van der Waals surface area (Å²) in [5.74, 6) is -3.10. The number of nitrogens with two attached hydrogens (primary N) is 2. The maximum Gasteiger partial charge on any atom is 0.451 e. The summed E-state index contributed by atoms with van der Waals surface area (Å²) in [4.78, 5) is 20.6. The van der Waals surface area contributed by atoms with E-state index < -0.39 is 39.8 Å². The summed E-state index contributed by atoms with van der Waals surface area (Å²) >= 11 is 0. The second-order valence-electron chi connectivity index (χ2n) is 7.93. The normalized spacial score (nSPS) is 16.5. The van der Waals surface area contributed by atoms with Crippen LogP contribution in [0.5, 0.6) is 0 Å². The molecule has 1 fully saturated rings. The van der Waals surface area contributed by atoms with Crippen LogP contribution in [0.3, 0.4) is 0 Å². The third kappa shape index (κ3) is 4.95. The van der Waals surface area contributed by atoms with E-state index in [0.717, 1.165) is 12.1 Å². The first kappa shape index (κ1) is 24.5. The predicted molar refractivity (Wildman–Crippen MR) is 119 cm³/mol. The lowest BCUT2D eigenvalue weighted by Gasteiger charge is -2.28. The molecule has 2 aromatic carbocycles. The Morgan fingerprint density at radius 1 is 1.06 bits per heavy atom. The summed E-state index contributed by atoms with van der Waals surface area (Å²) in [6, 6.07) is 8.86. The Labute approximate surface area is 197 Å². The Kier molecular flexibility index (Phi) is 6.23. The molecule has 1 aliphatic rings. The highest BCUT2D eigenvalue weighted by molar-refractivity contribution is 7.89. The van der Waals surface area contributed by atoms with Crippen LogP contribution in [0.1, 0.15) is 18.7 Å². The van der Waals surface area contributed by atoms with E-state index in [-0.39, 0.29) is 39.6 Å². The molecule has 0 saturated carbocycles. The number of hydrogen-bond donors (Lipinski definition) is 2. The topological polar surface area (TPSA) is 132 Å². The Hall–Kier alpha value is -3.58. The first-order chi connectivity index (χ1) is 16.4. The van der Waals surface area contributed by atoms with Crippen LogP contribution in [0.25, 0.3) is 22.4 Å². The van der Waals surface area contributed by atoms with E-state index in [1.807, 2.05) is 0 Å². The summed E-state index contributed by atoms with van der Waals surface area (Å²) in [5, 5.41) is 5.25. The number of amides is 1. The lowest BCUT2D eigenvalue weighted by molar-refractivity contribution is -0.144. The molecular weight excluding hydrogens is 490 g/mol. The van der Waals surface area contributed by atoms with Crippen molar-refractivity contribution >= 4 is 21.7 Å². The molecule has 35 heavy (non-hydrogen) atoms. The van der Waals surface area contributed by atoms with Crippen LogP contribution in [0.15, 0.2) is 53.4 Å². The van der Waals surface area contributed by atoms with Gasteiger partial charge < -0.3 is 10.6 Å². The molecule has 1 atom stereocenters. The Balaban J connectivity index is 2.10. The molecule has 13 heteroatoms. The van der Waals surface area contributed by atoms with Gasteiger partial charge in [-0.2, -0.15) is 13.2 Å². The van der Waals surface area contributed by atoms with Gasteiger partial charge in [0.25, 0.3) is 0 Å². The van der Waals surface area contributed by atoms with Gasteiger partial charge in [-0.05, 0) is 54.8 Å². The van der Waals surface area contributed by atoms with Crippen molar-refractivity contribution in [1.29, 1.82) is 0 Å². The average molecular weight is 509 g/mol. The summed E-state index contributed by atoms with van der Waals surface area (Å²) in [6.45, 7) is 0.173. The van der Waals surface area contributed by atoms with Crippen molar-refractivity contribution in [1.82, 2.24) is 9.97 Å². The minimum absolute atomic E-state index is 0.0169. The zero-order chi connectivity index (χ0) is 25.5. The summed E-state index contributed by atoms with van der Waals surface area (Å²) in [6.07, 6.45) is -4.20. The molecule has 4 rings (SSSR count). The SMILES string of the molecule is NC(=O)C1CCCN1c1nc(C(F)(F)F)nc(-c2ccc(F)cc2)c1-c1cccc(S(N)(=O)=O)c1. The standard InChI is InChI=1S/C22H19F4N5O3S/c23-14-8-6-12(7-9-14)18-17(13-3-1-4-15(11-13)35(28,33)34)20(30-21(29-18)22(24,25)26)31-10-2-5-16(31)19(27)32/h1,3-4,6-9,11,16H,2,5,10H2,(H2,27,32)(H2,28,33,34). The van der Waals surface area contributed by atoms with Gasteiger partial charge in [0.15, 0.2) is 0 Å². The van der Waals surface area contributed by atoms with Crippen LogP contribution < -0.4 is 15.8 Å². The van der Waals surface area contributed by atoms with Crippen LogP contribution in [0.2, 0.25) is 0 Å². The Bertz CT molecular complexity index is 1400. The highest BCUT2D eigenvalue weighted by atomic mass is 32.2. The van der Waals surface area contributed by atoms with Crippen LogP contribution in [-0.2, 0) is 21.0 Å². The number of carbonyl (C=O) groups excluding carboxylic acids is 1. The molecule has 8 nitrogen and oxygen atoms in total. The lowest BCUT2D eigenvalue weighted by Crippen LogP contribution is -2.41. The van der Waals surface area contributed by atoms with E-state index in [0.29, 0.717) is 12.8 Å². The van der Waals surface area contributed by atoms with Crippen molar-refractivity contribution in [3.05, 3.63) is 60.2 Å². The molecular formula is C22H19F4N5O3S. The molecule has 3 aromatic rings. The molecule has 0 radical (unpaired) electrons. The van der Waals surface area contributed by atoms with Crippen molar-refractivity contribution < 1.29 is 30.8 Å². The fourth-order valence-corrected chi connectivity index (χ4v) is 4.57. The minimum Gasteiger partial charge on any atom is -0.368 e. The predicted octanol–water partition coefficient (Wildman–Crippen LogP) is 3.07. The van der Waals surface area contributed by atoms with Crippen LogP contribution in [0, 0.1) is 5.82 Å². The number of nitrogens with zero attached hydrogens (tertiary/aromatic N) is 3. The van der Waals surface area contributed by atoms with Gasteiger partial charge in [0, 0.05) is 12.1 Å². The molecule has 2 heterocycles. The molecule has 0 bridgehead atoms. The molecule has 1 unspecified atom stereocenters. The average Bonchev–Trinajstić information content (AvgIpc) is 3.28. The van der Waals surface area contributed by atoms with Gasteiger partial charge in [0.1, 0.15) is 17.7 Å². The van der Waals surface area contributed by atoms with Gasteiger partial charge in [0.05, 0.1) is 16.2 Å². The molecule has 184 valence electrons. The molecule has 0 spiro atoms. The van der Waals surface area contributed by atoms with Gasteiger partial charge in [-0.1, -0.05) is 12.1 Å². The Morgan fingerprint density at radius 2 is 1.74 bits per heavy atom. The number of rotatable bonds is 5. The number of primary sulfonamides is 1. The number of halogens is 4. The first-order valence-corrected chi connectivity index (χ1v) is 11.9. The number of aromatic nitrogens is 2. The van der Waals surface area contributed by atoms with E-state index in [9.17, 15) is 30.8 Å². The third-order valence-corrected chi connectivity index (χ3v) is 6.48. The zero-order valence-electron chi connectivity index (χ0n) is 18.0. The number of benzene rings is 2. The van der Waals surface area contributed by atoms with Crippen LogP contribution in [-0.4, -0.2) is 36.9 Å². The van der Waals surface area contributed by atoms with Gasteiger partial charge in [0.2, 0.25) is 21.8 Å². The minimum atomic E-state index is -4.95. The zero-order valence-corrected chi connectivity index (χ0v) is 18.8. The number of hydrogen-bond acceptors (Lipinski definition) is 6. The van der Waals surface area contributed by atoms with Gasteiger partial charge in [-0.25, -0.2) is 27.9 Å². The second kappa shape index (κ2) is 8.89. The summed E-state index contributed by atoms with van der Waals surface area (Å²) in [7, 11) is -4.16. The van der Waals surface area contributed by atoms with Crippen LogP contribution in [0.4, 0.5) is 23.4 Å². The number of alkyl halides is 3. The van der Waals surface area contributed by atoms with E-state index in [1.165, 1.54) is 41.3 Å². The summed E-state index contributed by atoms with van der Waals surface area (Å²) in [5.41, 5.74) is 5.54. The molecule has 1 amide bonds. The van der Waals surface area contributed by atoms with Crippen molar-refractivity contribution in [3.8, 4) is 22.4 Å². The molecule has 4 N–H and O–H groups in total. The van der Waals surface area contributed by atoms with Crippen LogP contribution >= 0.6 is 0 Å². The summed E-state index contributed by atoms with van der Waals surface area (Å²) < 4.78 is 79.0. The Morgan fingerprint density at radius 3 is 2.34 bits per heavy atom. The van der Waals surface area contributed by atoms with Crippen molar-refractivity contribution in [2.45, 2.75) is 30.0 Å². The maximum absolute atomic E-state index is 13.8. The first-order valence-electron chi connectivity index (χ1n) is 10.3. The van der Waals surface area contributed by atoms with Crippen molar-refractivity contribution in [2.24, 2.45) is 10.9 Å². The lowest BCUT2D eigenvalue weighted by atomic mass is 9.98. The monoisotopic (exact) mass is 509 g/mol. The quantitative estimate of drug-likeness (QED) is 0.508. The number of sulfonamides is 1. The smallest absolute Gasteiger partial charge is 0.368 e. The van der Waals surface area contributed by atoms with Gasteiger partial charge in [-0.15, -0.1) is 0 Å². The van der Waals surface area contributed by atoms with E-state index in [4.69, 9.17) is 10.9 Å². The molecule has 0 aliphatic carbocycles. The van der Waals surface area contributed by atoms with Gasteiger partial charge in [-0.3, -0.25) is 4.79 Å². The van der Waals surface area contributed by atoms with Gasteiger partial charge >= 0.3 is 6.18 Å². The number of anilines is 1. The molecule has 1 saturated heterocycles. The largest absolute Gasteiger partial charge is 0.451 e. The van der Waals surface area contributed by atoms with E-state index in [1.54, 1.807) is 0 Å².